The molecule has 0 radical (unpaired) electrons. The number of allylic oxidation sites excluding steroid dienone is 1. The Labute approximate surface area is 142 Å². The van der Waals surface area contributed by atoms with Gasteiger partial charge in [0.25, 0.3) is 0 Å². The van der Waals surface area contributed by atoms with Crippen molar-refractivity contribution in [2.45, 2.75) is 19.4 Å². The average Bonchev–Trinajstić information content (AvgIpc) is 2.28. The van der Waals surface area contributed by atoms with Gasteiger partial charge in [0.1, 0.15) is 5.60 Å². The van der Waals surface area contributed by atoms with E-state index in [1.165, 1.54) is 12.2 Å². The summed E-state index contributed by atoms with van der Waals surface area (Å²) in [5.74, 6) is 0.263. The van der Waals surface area contributed by atoms with Crippen LogP contribution in [0.5, 0.6) is 5.75 Å². The minimum absolute atomic E-state index is 0.0784. The Hall–Kier alpha value is -0.430. The number of ether oxygens (including phenoxy) is 1. The Kier molecular flexibility index (Phi) is 4.59. The number of halogens is 3. The third-order valence-corrected chi connectivity index (χ3v) is 4.40. The number of hydrogen-bond donors (Lipinski definition) is 1. The van der Waals surface area contributed by atoms with Gasteiger partial charge < -0.3 is 9.84 Å². The van der Waals surface area contributed by atoms with E-state index >= 15 is 0 Å². The Bertz CT molecular complexity index is 622. The van der Waals surface area contributed by atoms with E-state index in [1.807, 2.05) is 19.1 Å². The summed E-state index contributed by atoms with van der Waals surface area (Å²) in [6, 6.07) is 3.77. The van der Waals surface area contributed by atoms with E-state index in [-0.39, 0.29) is 16.0 Å². The summed E-state index contributed by atoms with van der Waals surface area (Å²) in [6.45, 7) is 3.53. The van der Waals surface area contributed by atoms with Gasteiger partial charge in [-0.2, -0.15) is 0 Å². The molecule has 2 rings (SSSR count). The minimum atomic E-state index is -1.23. The molecule has 1 aromatic carbocycles. The number of benzene rings is 1. The lowest BCUT2D eigenvalue weighted by Gasteiger charge is -2.22. The number of carbonyl (C=O) groups excluding carboxylic acids is 1. The van der Waals surface area contributed by atoms with Crippen LogP contribution in [0.25, 0.3) is 0 Å². The van der Waals surface area contributed by atoms with E-state index in [0.717, 1.165) is 14.5 Å². The molecule has 0 aliphatic heterocycles. The molecule has 20 heavy (non-hydrogen) atoms. The molecule has 3 nitrogen and oxygen atoms in total. The van der Waals surface area contributed by atoms with Crippen LogP contribution >= 0.6 is 47.8 Å². The van der Waals surface area contributed by atoms with Crippen LogP contribution in [-0.4, -0.2) is 16.5 Å². The molecule has 0 spiro atoms. The maximum Gasteiger partial charge on any atom is 0.234 e. The lowest BCUT2D eigenvalue weighted by molar-refractivity contribution is -0.114. The summed E-state index contributed by atoms with van der Waals surface area (Å²) in [5, 5.41) is 10.1. The predicted molar refractivity (Wildman–Crippen MR) is 87.9 cm³/mol. The molecule has 1 aliphatic rings. The highest BCUT2D eigenvalue weighted by molar-refractivity contribution is 9.12. The zero-order valence-corrected chi connectivity index (χ0v) is 15.5. The molecule has 0 saturated carbocycles. The van der Waals surface area contributed by atoms with Gasteiger partial charge in [-0.15, -0.1) is 0 Å². The first-order valence-electron chi connectivity index (χ1n) is 5.71. The third-order valence-electron chi connectivity index (χ3n) is 2.64. The van der Waals surface area contributed by atoms with Crippen molar-refractivity contribution in [3.63, 3.8) is 0 Å². The smallest absolute Gasteiger partial charge is 0.234 e. The molecule has 1 N–H and O–H groups in total. The standard InChI is InChI=1S/C14H11Br3O3/c1-7-3-8(15)13(9(16)4-7)20-11-6-14(2,19)5-10(17)12(11)18/h3-6,19H,1-2H3. The predicted octanol–water partition coefficient (Wildman–Crippen LogP) is 4.40. The van der Waals surface area contributed by atoms with Crippen molar-refractivity contribution >= 4 is 53.6 Å². The zero-order valence-electron chi connectivity index (χ0n) is 10.7. The van der Waals surface area contributed by atoms with Gasteiger partial charge in [-0.1, -0.05) is 0 Å². The van der Waals surface area contributed by atoms with Gasteiger partial charge >= 0.3 is 0 Å². The SMILES string of the molecule is Cc1cc(Br)c(OC2=CC(C)(O)C=C(Br)C2=O)c(Br)c1. The first-order chi connectivity index (χ1) is 9.19. The minimum Gasteiger partial charge on any atom is -0.451 e. The lowest BCUT2D eigenvalue weighted by atomic mass is 9.99. The molecule has 1 atom stereocenters. The van der Waals surface area contributed by atoms with Gasteiger partial charge in [0.2, 0.25) is 5.78 Å². The summed E-state index contributed by atoms with van der Waals surface area (Å²) < 4.78 is 7.41. The molecule has 1 aliphatic carbocycles. The van der Waals surface area contributed by atoms with E-state index in [0.29, 0.717) is 5.75 Å². The van der Waals surface area contributed by atoms with E-state index in [4.69, 9.17) is 4.74 Å². The van der Waals surface area contributed by atoms with Crippen LogP contribution in [0.15, 0.2) is 43.5 Å². The van der Waals surface area contributed by atoms with Crippen molar-refractivity contribution in [1.29, 1.82) is 0 Å². The molecule has 1 aromatic rings. The normalized spacial score (nSPS) is 22.4. The summed E-state index contributed by atoms with van der Waals surface area (Å²) in [4.78, 5) is 12.1. The summed E-state index contributed by atoms with van der Waals surface area (Å²) >= 11 is 9.95. The highest BCUT2D eigenvalue weighted by Crippen LogP contribution is 2.37. The number of hydrogen-bond acceptors (Lipinski definition) is 3. The molecule has 0 saturated heterocycles. The number of rotatable bonds is 2. The maximum atomic E-state index is 12.1. The molecule has 0 fully saturated rings. The molecule has 0 amide bonds. The van der Waals surface area contributed by atoms with Gasteiger partial charge in [0.05, 0.1) is 13.4 Å². The van der Waals surface area contributed by atoms with Crippen molar-refractivity contribution in [3.8, 4) is 5.75 Å². The molecule has 6 heteroatoms. The molecule has 1 unspecified atom stereocenters. The van der Waals surface area contributed by atoms with Gasteiger partial charge in [0, 0.05) is 0 Å². The fraction of sp³-hybridized carbons (Fsp3) is 0.214. The summed E-state index contributed by atoms with van der Waals surface area (Å²) in [6.07, 6.45) is 2.82. The number of Topliss-reactive ketones (excluding diaryl/α,β-unsaturated/α-hetero) is 1. The lowest BCUT2D eigenvalue weighted by Crippen LogP contribution is -2.27. The first-order valence-corrected chi connectivity index (χ1v) is 8.09. The Morgan fingerprint density at radius 3 is 2.25 bits per heavy atom. The molecule has 0 aromatic heterocycles. The maximum absolute atomic E-state index is 12.1. The van der Waals surface area contributed by atoms with Crippen LogP contribution in [0.4, 0.5) is 0 Å². The largest absolute Gasteiger partial charge is 0.451 e. The number of aliphatic hydroxyl groups is 1. The number of ketones is 1. The number of carbonyl (C=O) groups is 1. The van der Waals surface area contributed by atoms with Crippen LogP contribution in [0.1, 0.15) is 12.5 Å². The second-order valence-corrected chi connectivity index (χ2v) is 7.28. The first kappa shape index (κ1) is 15.9. The van der Waals surface area contributed by atoms with E-state index in [2.05, 4.69) is 47.8 Å². The van der Waals surface area contributed by atoms with Crippen LogP contribution < -0.4 is 4.74 Å². The van der Waals surface area contributed by atoms with Crippen LogP contribution in [0, 0.1) is 6.92 Å². The molecular formula is C14H11Br3O3. The fourth-order valence-corrected chi connectivity index (χ4v) is 4.02. The van der Waals surface area contributed by atoms with Crippen molar-refractivity contribution in [2.24, 2.45) is 0 Å². The highest BCUT2D eigenvalue weighted by atomic mass is 79.9. The van der Waals surface area contributed by atoms with Crippen molar-refractivity contribution < 1.29 is 14.6 Å². The quantitative estimate of drug-likeness (QED) is 0.703. The monoisotopic (exact) mass is 464 g/mol. The van der Waals surface area contributed by atoms with Gasteiger partial charge in [-0.25, -0.2) is 0 Å². The van der Waals surface area contributed by atoms with Gasteiger partial charge in [0.15, 0.2) is 11.5 Å². The van der Waals surface area contributed by atoms with E-state index < -0.39 is 5.60 Å². The summed E-state index contributed by atoms with van der Waals surface area (Å²) in [7, 11) is 0. The Balaban J connectivity index is 2.40. The van der Waals surface area contributed by atoms with E-state index in [9.17, 15) is 9.90 Å². The fourth-order valence-electron chi connectivity index (χ4n) is 1.78. The molecule has 0 bridgehead atoms. The van der Waals surface area contributed by atoms with Crippen molar-refractivity contribution in [3.05, 3.63) is 49.0 Å². The third kappa shape index (κ3) is 3.42. The second-order valence-electron chi connectivity index (χ2n) is 4.72. The molecular weight excluding hydrogens is 456 g/mol. The van der Waals surface area contributed by atoms with E-state index in [1.54, 1.807) is 6.92 Å². The second kappa shape index (κ2) is 5.75. The number of aryl methyl sites for hydroxylation is 1. The Morgan fingerprint density at radius 2 is 1.70 bits per heavy atom. The van der Waals surface area contributed by atoms with Crippen molar-refractivity contribution in [1.82, 2.24) is 0 Å². The summed E-state index contributed by atoms with van der Waals surface area (Å²) in [5.41, 5.74) is -0.181. The van der Waals surface area contributed by atoms with Crippen LogP contribution in [0.3, 0.4) is 0 Å². The Morgan fingerprint density at radius 1 is 1.15 bits per heavy atom. The van der Waals surface area contributed by atoms with Crippen LogP contribution in [0.2, 0.25) is 0 Å². The average molecular weight is 467 g/mol. The van der Waals surface area contributed by atoms with Gasteiger partial charge in [-0.3, -0.25) is 4.79 Å². The van der Waals surface area contributed by atoms with Gasteiger partial charge in [-0.05, 0) is 91.5 Å². The molecule has 106 valence electrons. The van der Waals surface area contributed by atoms with Crippen LogP contribution in [-0.2, 0) is 4.79 Å². The molecule has 0 heterocycles. The highest BCUT2D eigenvalue weighted by Gasteiger charge is 2.29. The topological polar surface area (TPSA) is 46.5 Å². The van der Waals surface area contributed by atoms with Crippen molar-refractivity contribution in [2.75, 3.05) is 0 Å². The zero-order chi connectivity index (χ0) is 15.1.